The summed E-state index contributed by atoms with van der Waals surface area (Å²) < 4.78 is 24.9. The van der Waals surface area contributed by atoms with Crippen LogP contribution in [-0.4, -0.2) is 39.2 Å². The highest BCUT2D eigenvalue weighted by Crippen LogP contribution is 2.32. The van der Waals surface area contributed by atoms with Crippen molar-refractivity contribution >= 4 is 21.6 Å². The summed E-state index contributed by atoms with van der Waals surface area (Å²) >= 11 is 0. The summed E-state index contributed by atoms with van der Waals surface area (Å²) in [4.78, 5) is 12.5. The lowest BCUT2D eigenvalue weighted by molar-refractivity contribution is 0.0903. The molecule has 0 atom stereocenters. The lowest BCUT2D eigenvalue weighted by Gasteiger charge is -2.28. The molecular weight excluding hydrogens is 314 g/mol. The highest BCUT2D eigenvalue weighted by atomic mass is 32.2. The van der Waals surface area contributed by atoms with Gasteiger partial charge in [-0.05, 0) is 43.0 Å². The molecule has 0 radical (unpaired) electrons. The molecule has 7 heteroatoms. The van der Waals surface area contributed by atoms with Crippen molar-refractivity contribution in [2.24, 2.45) is 5.73 Å². The Morgan fingerprint density at radius 1 is 1.35 bits per heavy atom. The fraction of sp³-hybridized carbons (Fsp3) is 0.562. The molecule has 1 saturated carbocycles. The van der Waals surface area contributed by atoms with Crippen molar-refractivity contribution in [1.29, 1.82) is 0 Å². The molecule has 0 unspecified atom stereocenters. The minimum Gasteiger partial charge on any atom is -0.345 e. The molecule has 1 heterocycles. The molecule has 1 aromatic rings. The van der Waals surface area contributed by atoms with Gasteiger partial charge in [0.05, 0.1) is 17.5 Å². The van der Waals surface area contributed by atoms with Gasteiger partial charge in [-0.1, -0.05) is 12.8 Å². The first-order chi connectivity index (χ1) is 10.8. The Balaban J connectivity index is 1.81. The van der Waals surface area contributed by atoms with Gasteiger partial charge in [-0.2, -0.15) is 0 Å². The Kier molecular flexibility index (Phi) is 4.10. The Bertz CT molecular complexity index is 724. The molecule has 3 N–H and O–H groups in total. The van der Waals surface area contributed by atoms with Crippen molar-refractivity contribution in [2.45, 2.75) is 37.6 Å². The molecular formula is C16H23N3O3S. The Morgan fingerprint density at radius 3 is 2.65 bits per heavy atom. The van der Waals surface area contributed by atoms with Crippen LogP contribution in [0.4, 0.5) is 5.69 Å². The summed E-state index contributed by atoms with van der Waals surface area (Å²) in [6.45, 7) is 0.886. The second kappa shape index (κ2) is 5.79. The fourth-order valence-electron chi connectivity index (χ4n) is 3.60. The fourth-order valence-corrected chi connectivity index (χ4v) is 4.56. The number of benzene rings is 1. The zero-order valence-electron chi connectivity index (χ0n) is 13.3. The van der Waals surface area contributed by atoms with Gasteiger partial charge in [-0.15, -0.1) is 0 Å². The van der Waals surface area contributed by atoms with Crippen LogP contribution in [0.1, 0.15) is 41.6 Å². The summed E-state index contributed by atoms with van der Waals surface area (Å²) in [7, 11) is -3.27. The van der Waals surface area contributed by atoms with Crippen LogP contribution in [0, 0.1) is 0 Å². The molecule has 2 aliphatic rings. The quantitative estimate of drug-likeness (QED) is 0.857. The first-order valence-electron chi connectivity index (χ1n) is 7.98. The van der Waals surface area contributed by atoms with Crippen molar-refractivity contribution in [3.63, 3.8) is 0 Å². The van der Waals surface area contributed by atoms with Gasteiger partial charge in [0.15, 0.2) is 0 Å². The van der Waals surface area contributed by atoms with E-state index in [1.54, 1.807) is 18.2 Å². The van der Waals surface area contributed by atoms with E-state index < -0.39 is 10.0 Å². The molecule has 1 fully saturated rings. The van der Waals surface area contributed by atoms with Crippen molar-refractivity contribution in [3.05, 3.63) is 29.3 Å². The van der Waals surface area contributed by atoms with E-state index in [4.69, 9.17) is 5.73 Å². The normalized spacial score (nSPS) is 19.7. The number of carbonyl (C=O) groups is 1. The van der Waals surface area contributed by atoms with Gasteiger partial charge < -0.3 is 11.1 Å². The number of hydrogen-bond acceptors (Lipinski definition) is 4. The zero-order chi connectivity index (χ0) is 16.7. The highest BCUT2D eigenvalue weighted by Gasteiger charge is 2.34. The number of hydrogen-bond donors (Lipinski definition) is 2. The predicted molar refractivity (Wildman–Crippen MR) is 90.1 cm³/mol. The van der Waals surface area contributed by atoms with E-state index in [1.165, 1.54) is 10.6 Å². The monoisotopic (exact) mass is 337 g/mol. The van der Waals surface area contributed by atoms with Gasteiger partial charge in [-0.25, -0.2) is 8.42 Å². The van der Waals surface area contributed by atoms with E-state index in [1.807, 2.05) is 0 Å². The average Bonchev–Trinajstić information content (AvgIpc) is 3.12. The third kappa shape index (κ3) is 3.07. The Labute approximate surface area is 137 Å². The van der Waals surface area contributed by atoms with Crippen LogP contribution in [0.15, 0.2) is 18.2 Å². The number of carbonyl (C=O) groups excluding carboxylic acids is 1. The van der Waals surface area contributed by atoms with Crippen LogP contribution < -0.4 is 15.4 Å². The van der Waals surface area contributed by atoms with Crippen LogP contribution in [0.3, 0.4) is 0 Å². The maximum atomic E-state index is 12.5. The molecule has 1 aliphatic heterocycles. The molecule has 1 aliphatic carbocycles. The number of nitrogens with zero attached hydrogens (tertiary/aromatic N) is 1. The molecule has 0 aromatic heterocycles. The van der Waals surface area contributed by atoms with Gasteiger partial charge in [0.25, 0.3) is 5.91 Å². The second-order valence-corrected chi connectivity index (χ2v) is 8.48. The zero-order valence-corrected chi connectivity index (χ0v) is 14.2. The van der Waals surface area contributed by atoms with E-state index in [9.17, 15) is 13.2 Å². The van der Waals surface area contributed by atoms with Crippen molar-refractivity contribution in [2.75, 3.05) is 23.7 Å². The third-order valence-electron chi connectivity index (χ3n) is 4.93. The highest BCUT2D eigenvalue weighted by molar-refractivity contribution is 7.92. The number of anilines is 1. The summed E-state index contributed by atoms with van der Waals surface area (Å²) in [6.07, 6.45) is 5.85. The van der Waals surface area contributed by atoms with Crippen LogP contribution >= 0.6 is 0 Å². The van der Waals surface area contributed by atoms with Crippen LogP contribution in [-0.2, 0) is 16.4 Å². The van der Waals surface area contributed by atoms with Crippen molar-refractivity contribution in [3.8, 4) is 0 Å². The number of amides is 1. The SMILES string of the molecule is CS(=O)(=O)N1CCc2cc(C(=O)NC3(CN)CCCC3)ccc21. The lowest BCUT2D eigenvalue weighted by atomic mass is 9.97. The molecule has 23 heavy (non-hydrogen) atoms. The van der Waals surface area contributed by atoms with E-state index in [-0.39, 0.29) is 11.4 Å². The summed E-state index contributed by atoms with van der Waals surface area (Å²) in [6, 6.07) is 5.22. The molecule has 0 bridgehead atoms. The number of fused-ring (bicyclic) bond motifs is 1. The maximum absolute atomic E-state index is 12.5. The molecule has 0 spiro atoms. The average molecular weight is 337 g/mol. The molecule has 3 rings (SSSR count). The van der Waals surface area contributed by atoms with Crippen LogP contribution in [0.25, 0.3) is 0 Å². The minimum atomic E-state index is -3.27. The second-order valence-electron chi connectivity index (χ2n) is 6.57. The summed E-state index contributed by atoms with van der Waals surface area (Å²) in [5.74, 6) is -0.127. The standard InChI is InChI=1S/C16H23N3O3S/c1-23(21,22)19-9-6-12-10-13(4-5-14(12)19)15(20)18-16(11-17)7-2-3-8-16/h4-5,10H,2-3,6-9,11,17H2,1H3,(H,18,20). The van der Waals surface area contributed by atoms with Crippen molar-refractivity contribution in [1.82, 2.24) is 5.32 Å². The van der Waals surface area contributed by atoms with E-state index in [0.717, 1.165) is 31.2 Å². The smallest absolute Gasteiger partial charge is 0.251 e. The van der Waals surface area contributed by atoms with Crippen LogP contribution in [0.2, 0.25) is 0 Å². The minimum absolute atomic E-state index is 0.127. The van der Waals surface area contributed by atoms with Crippen LogP contribution in [0.5, 0.6) is 0 Å². The number of sulfonamides is 1. The van der Waals surface area contributed by atoms with Gasteiger partial charge in [0.2, 0.25) is 10.0 Å². The molecule has 6 nitrogen and oxygen atoms in total. The number of nitrogens with two attached hydrogens (primary N) is 1. The van der Waals surface area contributed by atoms with E-state index in [0.29, 0.717) is 30.8 Å². The maximum Gasteiger partial charge on any atom is 0.251 e. The third-order valence-corrected chi connectivity index (χ3v) is 6.10. The van der Waals surface area contributed by atoms with E-state index >= 15 is 0 Å². The number of rotatable bonds is 4. The first-order valence-corrected chi connectivity index (χ1v) is 9.83. The topological polar surface area (TPSA) is 92.5 Å². The largest absolute Gasteiger partial charge is 0.345 e. The Hall–Kier alpha value is -1.60. The van der Waals surface area contributed by atoms with Gasteiger partial charge in [-0.3, -0.25) is 9.10 Å². The predicted octanol–water partition coefficient (Wildman–Crippen LogP) is 1.01. The molecule has 126 valence electrons. The van der Waals surface area contributed by atoms with Gasteiger partial charge >= 0.3 is 0 Å². The van der Waals surface area contributed by atoms with Gasteiger partial charge in [0, 0.05) is 18.7 Å². The summed E-state index contributed by atoms with van der Waals surface area (Å²) in [5, 5.41) is 3.10. The molecule has 1 aromatic carbocycles. The van der Waals surface area contributed by atoms with E-state index in [2.05, 4.69) is 5.32 Å². The molecule has 1 amide bonds. The summed E-state index contributed by atoms with van der Waals surface area (Å²) in [5.41, 5.74) is 7.73. The molecule has 0 saturated heterocycles. The van der Waals surface area contributed by atoms with Crippen molar-refractivity contribution < 1.29 is 13.2 Å². The Morgan fingerprint density at radius 2 is 2.04 bits per heavy atom. The number of nitrogens with one attached hydrogen (secondary N) is 1. The first kappa shape index (κ1) is 16.3. The lowest BCUT2D eigenvalue weighted by Crippen LogP contribution is -2.51. The van der Waals surface area contributed by atoms with Gasteiger partial charge in [0.1, 0.15) is 0 Å².